The van der Waals surface area contributed by atoms with E-state index in [4.69, 9.17) is 21.1 Å². The van der Waals surface area contributed by atoms with Crippen LogP contribution >= 0.6 is 23.4 Å². The smallest absolute Gasteiger partial charge is 0.255 e. The summed E-state index contributed by atoms with van der Waals surface area (Å²) in [4.78, 5) is 13.7. The van der Waals surface area contributed by atoms with Gasteiger partial charge in [-0.25, -0.2) is 0 Å². The van der Waals surface area contributed by atoms with Crippen LogP contribution in [0.1, 0.15) is 15.9 Å². The lowest BCUT2D eigenvalue weighted by Gasteiger charge is -2.12. The van der Waals surface area contributed by atoms with Crippen LogP contribution in [0.25, 0.3) is 0 Å². The summed E-state index contributed by atoms with van der Waals surface area (Å²) in [5.41, 5.74) is 2.31. The maximum Gasteiger partial charge on any atom is 0.255 e. The van der Waals surface area contributed by atoms with Gasteiger partial charge >= 0.3 is 0 Å². The van der Waals surface area contributed by atoms with E-state index in [-0.39, 0.29) is 5.91 Å². The quantitative estimate of drug-likeness (QED) is 0.490. The molecule has 144 valence electrons. The summed E-state index contributed by atoms with van der Waals surface area (Å²) in [5.74, 6) is 1.83. The highest BCUT2D eigenvalue weighted by Crippen LogP contribution is 2.29. The minimum absolute atomic E-state index is 0.194. The van der Waals surface area contributed by atoms with Gasteiger partial charge in [-0.15, -0.1) is 11.8 Å². The summed E-state index contributed by atoms with van der Waals surface area (Å²) in [6.45, 7) is 0. The van der Waals surface area contributed by atoms with Crippen LogP contribution in [0.2, 0.25) is 5.02 Å². The third-order valence-corrected chi connectivity index (χ3v) is 5.43. The van der Waals surface area contributed by atoms with Crippen molar-refractivity contribution in [2.75, 3.05) is 19.5 Å². The molecule has 0 aromatic heterocycles. The number of ether oxygens (including phenoxy) is 2. The summed E-state index contributed by atoms with van der Waals surface area (Å²) in [5, 5.41) is 3.60. The Bertz CT molecular complexity index is 943. The van der Waals surface area contributed by atoms with E-state index in [1.807, 2.05) is 48.5 Å². The number of hydrogen-bond acceptors (Lipinski definition) is 4. The molecular weight excluding hydrogens is 394 g/mol. The highest BCUT2D eigenvalue weighted by molar-refractivity contribution is 7.98. The lowest BCUT2D eigenvalue weighted by atomic mass is 10.1. The molecule has 0 radical (unpaired) electrons. The first-order valence-electron chi connectivity index (χ1n) is 8.59. The highest BCUT2D eigenvalue weighted by Gasteiger charge is 2.11. The van der Waals surface area contributed by atoms with Gasteiger partial charge in [0.2, 0.25) is 0 Å². The molecule has 0 unspecified atom stereocenters. The minimum Gasteiger partial charge on any atom is -0.497 e. The van der Waals surface area contributed by atoms with Crippen LogP contribution < -0.4 is 14.8 Å². The number of halogens is 1. The third kappa shape index (κ3) is 5.21. The van der Waals surface area contributed by atoms with E-state index in [1.54, 1.807) is 44.2 Å². The molecule has 0 fully saturated rings. The van der Waals surface area contributed by atoms with E-state index in [0.717, 1.165) is 21.2 Å². The van der Waals surface area contributed by atoms with Crippen LogP contribution in [0.4, 0.5) is 5.69 Å². The Morgan fingerprint density at radius 1 is 0.964 bits per heavy atom. The Kier molecular flexibility index (Phi) is 6.85. The molecule has 0 saturated carbocycles. The molecule has 0 atom stereocenters. The molecule has 0 saturated heterocycles. The second-order valence-corrected chi connectivity index (χ2v) is 7.45. The molecule has 6 heteroatoms. The molecule has 0 aliphatic carbocycles. The molecule has 0 aliphatic heterocycles. The SMILES string of the molecule is COc1ccc(NC(=O)c2ccc(CSc3ccc(Cl)cc3)cc2)c(OC)c1. The second kappa shape index (κ2) is 9.53. The predicted octanol–water partition coefficient (Wildman–Crippen LogP) is 5.90. The van der Waals surface area contributed by atoms with Gasteiger partial charge in [0, 0.05) is 27.3 Å². The van der Waals surface area contributed by atoms with Gasteiger partial charge in [-0.2, -0.15) is 0 Å². The van der Waals surface area contributed by atoms with E-state index in [9.17, 15) is 4.79 Å². The summed E-state index contributed by atoms with van der Waals surface area (Å²) >= 11 is 7.63. The predicted molar refractivity (Wildman–Crippen MR) is 115 cm³/mol. The zero-order valence-electron chi connectivity index (χ0n) is 15.6. The number of nitrogens with one attached hydrogen (secondary N) is 1. The Labute approximate surface area is 173 Å². The van der Waals surface area contributed by atoms with Crippen LogP contribution in [0.3, 0.4) is 0 Å². The third-order valence-electron chi connectivity index (χ3n) is 4.09. The number of carbonyl (C=O) groups excluding carboxylic acids is 1. The van der Waals surface area contributed by atoms with E-state index in [0.29, 0.717) is 22.7 Å². The molecule has 3 aromatic rings. The Hall–Kier alpha value is -2.63. The molecule has 1 amide bonds. The number of thioether (sulfide) groups is 1. The Morgan fingerprint density at radius 2 is 1.68 bits per heavy atom. The van der Waals surface area contributed by atoms with E-state index >= 15 is 0 Å². The lowest BCUT2D eigenvalue weighted by molar-refractivity contribution is 0.102. The normalized spacial score (nSPS) is 10.4. The van der Waals surface area contributed by atoms with Gasteiger partial charge < -0.3 is 14.8 Å². The van der Waals surface area contributed by atoms with Gasteiger partial charge in [-0.1, -0.05) is 23.7 Å². The number of carbonyl (C=O) groups is 1. The van der Waals surface area contributed by atoms with Crippen LogP contribution in [0.15, 0.2) is 71.6 Å². The zero-order chi connectivity index (χ0) is 19.9. The van der Waals surface area contributed by atoms with Crippen molar-refractivity contribution in [1.82, 2.24) is 0 Å². The first-order chi connectivity index (χ1) is 13.6. The number of methoxy groups -OCH3 is 2. The first-order valence-corrected chi connectivity index (χ1v) is 9.96. The molecule has 3 aromatic carbocycles. The van der Waals surface area contributed by atoms with Crippen LogP contribution in [0.5, 0.6) is 11.5 Å². The van der Waals surface area contributed by atoms with Gasteiger partial charge in [-0.3, -0.25) is 4.79 Å². The average molecular weight is 414 g/mol. The van der Waals surface area contributed by atoms with Crippen molar-refractivity contribution < 1.29 is 14.3 Å². The maximum atomic E-state index is 12.5. The molecule has 0 spiro atoms. The molecule has 0 bridgehead atoms. The minimum atomic E-state index is -0.194. The second-order valence-electron chi connectivity index (χ2n) is 5.96. The summed E-state index contributed by atoms with van der Waals surface area (Å²) in [6.07, 6.45) is 0. The van der Waals surface area contributed by atoms with Crippen LogP contribution in [0, 0.1) is 0 Å². The van der Waals surface area contributed by atoms with Gasteiger partial charge in [-0.05, 0) is 54.1 Å². The van der Waals surface area contributed by atoms with Crippen molar-refractivity contribution >= 4 is 35.0 Å². The van der Waals surface area contributed by atoms with Crippen LogP contribution in [-0.4, -0.2) is 20.1 Å². The fourth-order valence-electron chi connectivity index (χ4n) is 2.55. The van der Waals surface area contributed by atoms with Gasteiger partial charge in [0.1, 0.15) is 11.5 Å². The highest BCUT2D eigenvalue weighted by atomic mass is 35.5. The molecule has 4 nitrogen and oxygen atoms in total. The van der Waals surface area contributed by atoms with Gasteiger partial charge in [0.05, 0.1) is 19.9 Å². The van der Waals surface area contributed by atoms with E-state index < -0.39 is 0 Å². The fourth-order valence-corrected chi connectivity index (χ4v) is 3.53. The first kappa shape index (κ1) is 20.1. The van der Waals surface area contributed by atoms with Crippen molar-refractivity contribution in [3.63, 3.8) is 0 Å². The lowest BCUT2D eigenvalue weighted by Crippen LogP contribution is -2.12. The standard InChI is InChI=1S/C22H20ClNO3S/c1-26-18-9-12-20(21(13-18)27-2)24-22(25)16-5-3-15(4-6-16)14-28-19-10-7-17(23)8-11-19/h3-13H,14H2,1-2H3,(H,24,25). The largest absolute Gasteiger partial charge is 0.497 e. The van der Waals surface area contributed by atoms with Gasteiger partial charge in [0.15, 0.2) is 0 Å². The monoisotopic (exact) mass is 413 g/mol. The van der Waals surface area contributed by atoms with Crippen molar-refractivity contribution in [1.29, 1.82) is 0 Å². The molecule has 1 N–H and O–H groups in total. The summed E-state index contributed by atoms with van der Waals surface area (Å²) in [6, 6.07) is 20.6. The van der Waals surface area contributed by atoms with E-state index in [2.05, 4.69) is 5.32 Å². The van der Waals surface area contributed by atoms with Crippen molar-refractivity contribution in [2.24, 2.45) is 0 Å². The summed E-state index contributed by atoms with van der Waals surface area (Å²) < 4.78 is 10.5. The molecular formula is C22H20ClNO3S. The number of anilines is 1. The van der Waals surface area contributed by atoms with Crippen molar-refractivity contribution in [3.05, 3.63) is 82.9 Å². The average Bonchev–Trinajstić information content (AvgIpc) is 2.74. The molecule has 0 heterocycles. The fraction of sp³-hybridized carbons (Fsp3) is 0.136. The van der Waals surface area contributed by atoms with Crippen LogP contribution in [-0.2, 0) is 5.75 Å². The van der Waals surface area contributed by atoms with Crippen molar-refractivity contribution in [2.45, 2.75) is 10.6 Å². The number of rotatable bonds is 7. The maximum absolute atomic E-state index is 12.5. The Balaban J connectivity index is 1.62. The Morgan fingerprint density at radius 3 is 2.32 bits per heavy atom. The molecule has 0 aliphatic rings. The number of hydrogen-bond donors (Lipinski definition) is 1. The molecule has 3 rings (SSSR count). The molecule has 28 heavy (non-hydrogen) atoms. The zero-order valence-corrected chi connectivity index (χ0v) is 17.1. The summed E-state index contributed by atoms with van der Waals surface area (Å²) in [7, 11) is 3.14. The van der Waals surface area contributed by atoms with Crippen molar-refractivity contribution in [3.8, 4) is 11.5 Å². The van der Waals surface area contributed by atoms with E-state index in [1.165, 1.54) is 0 Å². The topological polar surface area (TPSA) is 47.6 Å². The van der Waals surface area contributed by atoms with Gasteiger partial charge in [0.25, 0.3) is 5.91 Å². The number of amides is 1. The number of benzene rings is 3.